The van der Waals surface area contributed by atoms with Crippen LogP contribution in [0.2, 0.25) is 5.02 Å². The Morgan fingerprint density at radius 1 is 1.68 bits per heavy atom. The maximum Gasteiger partial charge on any atom is 0.250 e. The van der Waals surface area contributed by atoms with E-state index in [1.54, 1.807) is 13.8 Å². The fourth-order valence-corrected chi connectivity index (χ4v) is 4.69. The van der Waals surface area contributed by atoms with Crippen LogP contribution in [-0.2, 0) is 10.0 Å². The normalized spacial score (nSPS) is 13.8. The van der Waals surface area contributed by atoms with Crippen LogP contribution in [0.25, 0.3) is 0 Å². The summed E-state index contributed by atoms with van der Waals surface area (Å²) in [5.74, 6) is -0.0550. The molecule has 0 aliphatic rings. The Balaban J connectivity index is 2.88. The van der Waals surface area contributed by atoms with Crippen molar-refractivity contribution in [3.63, 3.8) is 0 Å². The molecule has 108 valence electrons. The standard InChI is InChI=1S/C9H13BrClN3O3S2/c1-9(2,8(12)14-15)4-13-19(16,17)6-3-5(11)7(10)18-6/h3,13,15H,4H2,1-2H3,(H2,12,14). The molecule has 0 aromatic carbocycles. The lowest BCUT2D eigenvalue weighted by Crippen LogP contribution is -2.42. The summed E-state index contributed by atoms with van der Waals surface area (Å²) in [6.45, 7) is 3.31. The summed E-state index contributed by atoms with van der Waals surface area (Å²) in [5.41, 5.74) is 4.68. The quantitative estimate of drug-likeness (QED) is 0.310. The molecule has 0 radical (unpaired) electrons. The molecule has 1 rings (SSSR count). The summed E-state index contributed by atoms with van der Waals surface area (Å²) >= 11 is 9.96. The summed E-state index contributed by atoms with van der Waals surface area (Å²) in [6, 6.07) is 1.36. The van der Waals surface area contributed by atoms with Gasteiger partial charge in [-0.25, -0.2) is 13.1 Å². The second kappa shape index (κ2) is 5.96. The molecule has 1 aromatic rings. The predicted octanol–water partition coefficient (Wildman–Crippen LogP) is 2.21. The Bertz CT molecular complexity index is 578. The van der Waals surface area contributed by atoms with Gasteiger partial charge in [0.05, 0.1) is 8.81 Å². The van der Waals surface area contributed by atoms with Crippen LogP contribution >= 0.6 is 38.9 Å². The number of rotatable bonds is 5. The van der Waals surface area contributed by atoms with Gasteiger partial charge in [0.25, 0.3) is 0 Å². The largest absolute Gasteiger partial charge is 0.409 e. The molecule has 0 unspecified atom stereocenters. The van der Waals surface area contributed by atoms with Gasteiger partial charge in [0.15, 0.2) is 0 Å². The zero-order chi connectivity index (χ0) is 14.8. The fourth-order valence-electron chi connectivity index (χ4n) is 1.03. The first kappa shape index (κ1) is 16.7. The monoisotopic (exact) mass is 389 g/mol. The summed E-state index contributed by atoms with van der Waals surface area (Å²) in [4.78, 5) is 0. The molecule has 19 heavy (non-hydrogen) atoms. The van der Waals surface area contributed by atoms with Crippen molar-refractivity contribution in [3.05, 3.63) is 14.9 Å². The van der Waals surface area contributed by atoms with Gasteiger partial charge >= 0.3 is 0 Å². The Morgan fingerprint density at radius 3 is 2.68 bits per heavy atom. The summed E-state index contributed by atoms with van der Waals surface area (Å²) in [7, 11) is -3.67. The highest BCUT2D eigenvalue weighted by Crippen LogP contribution is 2.34. The average Bonchev–Trinajstić information content (AvgIpc) is 2.67. The number of oxime groups is 1. The zero-order valence-corrected chi connectivity index (χ0v) is 14.1. The molecule has 0 amide bonds. The summed E-state index contributed by atoms with van der Waals surface area (Å²) in [5, 5.41) is 11.8. The Morgan fingerprint density at radius 2 is 2.26 bits per heavy atom. The average molecular weight is 391 g/mol. The van der Waals surface area contributed by atoms with Crippen molar-refractivity contribution in [2.24, 2.45) is 16.3 Å². The molecule has 0 saturated heterocycles. The van der Waals surface area contributed by atoms with Crippen LogP contribution in [-0.4, -0.2) is 26.0 Å². The van der Waals surface area contributed by atoms with E-state index < -0.39 is 15.4 Å². The van der Waals surface area contributed by atoms with Crippen LogP contribution in [0.1, 0.15) is 13.8 Å². The van der Waals surface area contributed by atoms with E-state index in [-0.39, 0.29) is 16.6 Å². The lowest BCUT2D eigenvalue weighted by Gasteiger charge is -2.22. The Kier molecular flexibility index (Phi) is 5.24. The number of amidine groups is 1. The molecule has 0 saturated carbocycles. The van der Waals surface area contributed by atoms with Crippen molar-refractivity contribution in [2.45, 2.75) is 18.1 Å². The van der Waals surface area contributed by atoms with Gasteiger partial charge in [-0.1, -0.05) is 30.6 Å². The minimum Gasteiger partial charge on any atom is -0.409 e. The molecule has 0 atom stereocenters. The third-order valence-corrected chi connectivity index (χ3v) is 6.74. The van der Waals surface area contributed by atoms with Gasteiger partial charge in [0.1, 0.15) is 10.0 Å². The SMILES string of the molecule is CC(C)(CNS(=O)(=O)c1cc(Cl)c(Br)s1)C(N)=NO. The maximum atomic E-state index is 12.0. The highest BCUT2D eigenvalue weighted by atomic mass is 79.9. The van der Waals surface area contributed by atoms with Crippen molar-refractivity contribution < 1.29 is 13.6 Å². The van der Waals surface area contributed by atoms with E-state index in [9.17, 15) is 8.42 Å². The van der Waals surface area contributed by atoms with Crippen molar-refractivity contribution in [1.82, 2.24) is 4.72 Å². The molecule has 1 heterocycles. The van der Waals surface area contributed by atoms with E-state index in [1.807, 2.05) is 0 Å². The van der Waals surface area contributed by atoms with E-state index in [4.69, 9.17) is 22.5 Å². The number of thiophene rings is 1. The number of hydrogen-bond donors (Lipinski definition) is 3. The number of halogens is 2. The van der Waals surface area contributed by atoms with Crippen molar-refractivity contribution in [2.75, 3.05) is 6.54 Å². The second-order valence-electron chi connectivity index (χ2n) is 4.38. The van der Waals surface area contributed by atoms with Crippen LogP contribution in [0.3, 0.4) is 0 Å². The maximum absolute atomic E-state index is 12.0. The number of sulfonamides is 1. The molecule has 6 nitrogen and oxygen atoms in total. The third kappa shape index (κ3) is 4.06. The molecule has 0 aliphatic carbocycles. The van der Waals surface area contributed by atoms with Crippen molar-refractivity contribution >= 4 is 54.7 Å². The highest BCUT2D eigenvalue weighted by Gasteiger charge is 2.27. The van der Waals surface area contributed by atoms with Gasteiger partial charge in [0, 0.05) is 12.0 Å². The molecule has 0 fully saturated rings. The van der Waals surface area contributed by atoms with Gasteiger partial charge in [-0.15, -0.1) is 11.3 Å². The van der Waals surface area contributed by atoms with E-state index in [1.165, 1.54) is 6.07 Å². The van der Waals surface area contributed by atoms with Gasteiger partial charge in [-0.3, -0.25) is 0 Å². The first-order valence-electron chi connectivity index (χ1n) is 5.02. The van der Waals surface area contributed by atoms with Gasteiger partial charge in [-0.2, -0.15) is 0 Å². The van der Waals surface area contributed by atoms with Crippen LogP contribution in [0.4, 0.5) is 0 Å². The molecular weight excluding hydrogens is 378 g/mol. The smallest absolute Gasteiger partial charge is 0.250 e. The zero-order valence-electron chi connectivity index (χ0n) is 10.1. The number of nitrogens with zero attached hydrogens (tertiary/aromatic N) is 1. The van der Waals surface area contributed by atoms with E-state index in [0.717, 1.165) is 11.3 Å². The first-order chi connectivity index (χ1) is 8.60. The Labute approximate surface area is 128 Å². The highest BCUT2D eigenvalue weighted by molar-refractivity contribution is 9.11. The lowest BCUT2D eigenvalue weighted by atomic mass is 9.93. The van der Waals surface area contributed by atoms with Crippen LogP contribution in [0.5, 0.6) is 0 Å². The van der Waals surface area contributed by atoms with Gasteiger partial charge < -0.3 is 10.9 Å². The molecule has 0 spiro atoms. The summed E-state index contributed by atoms with van der Waals surface area (Å²) in [6.07, 6.45) is 0. The van der Waals surface area contributed by atoms with Crippen LogP contribution in [0, 0.1) is 5.41 Å². The molecule has 0 aliphatic heterocycles. The van der Waals surface area contributed by atoms with Crippen LogP contribution < -0.4 is 10.5 Å². The Hall–Kier alpha value is -0.350. The minimum atomic E-state index is -3.67. The first-order valence-corrected chi connectivity index (χ1v) is 8.50. The molecule has 4 N–H and O–H groups in total. The molecule has 0 bridgehead atoms. The molecule has 10 heteroatoms. The lowest BCUT2D eigenvalue weighted by molar-refractivity contribution is 0.307. The predicted molar refractivity (Wildman–Crippen MR) is 79.4 cm³/mol. The third-order valence-electron chi connectivity index (χ3n) is 2.39. The van der Waals surface area contributed by atoms with Crippen molar-refractivity contribution in [1.29, 1.82) is 0 Å². The molecular formula is C9H13BrClN3O3S2. The van der Waals surface area contributed by atoms with Crippen molar-refractivity contribution in [3.8, 4) is 0 Å². The second-order valence-corrected chi connectivity index (χ2v) is 9.15. The fraction of sp³-hybridized carbons (Fsp3) is 0.444. The van der Waals surface area contributed by atoms with E-state index in [0.29, 0.717) is 8.81 Å². The number of nitrogens with one attached hydrogen (secondary N) is 1. The number of nitrogens with two attached hydrogens (primary N) is 1. The van der Waals surface area contributed by atoms with Crippen LogP contribution in [0.15, 0.2) is 19.2 Å². The number of hydrogen-bond acceptors (Lipinski definition) is 5. The molecule has 1 aromatic heterocycles. The van der Waals surface area contributed by atoms with E-state index >= 15 is 0 Å². The van der Waals surface area contributed by atoms with E-state index in [2.05, 4.69) is 25.8 Å². The summed E-state index contributed by atoms with van der Waals surface area (Å²) < 4.78 is 27.1. The topological polar surface area (TPSA) is 105 Å². The van der Waals surface area contributed by atoms with Gasteiger partial charge in [0.2, 0.25) is 10.0 Å². The minimum absolute atomic E-state index is 0.00162. The van der Waals surface area contributed by atoms with Gasteiger partial charge in [-0.05, 0) is 22.0 Å².